The van der Waals surface area contributed by atoms with Gasteiger partial charge in [0.15, 0.2) is 0 Å². The molecule has 1 N–H and O–H groups in total. The van der Waals surface area contributed by atoms with Crippen LogP contribution < -0.4 is 0 Å². The van der Waals surface area contributed by atoms with Gasteiger partial charge in [-0.05, 0) is 54.8 Å². The topological polar surface area (TPSA) is 15.8 Å². The van der Waals surface area contributed by atoms with Gasteiger partial charge in [-0.25, -0.2) is 0 Å². The Balaban J connectivity index is 1.76. The Kier molecular flexibility index (Phi) is 3.63. The lowest BCUT2D eigenvalue weighted by Crippen LogP contribution is -1.90. The number of H-pyrrole nitrogens is 1. The van der Waals surface area contributed by atoms with E-state index in [1.54, 1.807) is 0 Å². The molecule has 96 valence electrons. The molecule has 1 nitrogen and oxygen atoms in total. The quantitative estimate of drug-likeness (QED) is 0.663. The molecule has 0 amide bonds. The van der Waals surface area contributed by atoms with Crippen molar-refractivity contribution in [3.05, 3.63) is 69.3 Å². The van der Waals surface area contributed by atoms with Crippen molar-refractivity contribution >= 4 is 38.4 Å². The molecule has 3 heteroatoms. The van der Waals surface area contributed by atoms with E-state index in [4.69, 9.17) is 11.6 Å². The average molecular weight is 335 g/mol. The van der Waals surface area contributed by atoms with Crippen LogP contribution >= 0.6 is 27.5 Å². The van der Waals surface area contributed by atoms with Crippen molar-refractivity contribution in [2.24, 2.45) is 0 Å². The summed E-state index contributed by atoms with van der Waals surface area (Å²) in [6.45, 7) is 0. The highest BCUT2D eigenvalue weighted by Gasteiger charge is 2.02. The predicted octanol–water partition coefficient (Wildman–Crippen LogP) is 5.37. The van der Waals surface area contributed by atoms with Gasteiger partial charge in [-0.2, -0.15) is 0 Å². The van der Waals surface area contributed by atoms with Gasteiger partial charge in [0.1, 0.15) is 0 Å². The van der Waals surface area contributed by atoms with Crippen LogP contribution in [0.15, 0.2) is 53.0 Å². The summed E-state index contributed by atoms with van der Waals surface area (Å²) in [5.41, 5.74) is 3.77. The number of fused-ring (bicyclic) bond motifs is 1. The zero-order chi connectivity index (χ0) is 13.2. The fraction of sp³-hybridized carbons (Fsp3) is 0.125. The van der Waals surface area contributed by atoms with Crippen molar-refractivity contribution in [2.45, 2.75) is 12.8 Å². The Hall–Kier alpha value is -1.25. The number of aromatic nitrogens is 1. The second-order valence-electron chi connectivity index (χ2n) is 4.65. The van der Waals surface area contributed by atoms with Gasteiger partial charge in [0, 0.05) is 26.1 Å². The molecule has 0 spiro atoms. The maximum Gasteiger partial charge on any atom is 0.0456 e. The monoisotopic (exact) mass is 333 g/mol. The highest BCUT2D eigenvalue weighted by molar-refractivity contribution is 9.10. The van der Waals surface area contributed by atoms with Crippen LogP contribution in [-0.2, 0) is 12.8 Å². The molecule has 3 rings (SSSR count). The van der Waals surface area contributed by atoms with Crippen molar-refractivity contribution in [1.29, 1.82) is 0 Å². The van der Waals surface area contributed by atoms with Crippen LogP contribution in [-0.4, -0.2) is 4.98 Å². The minimum atomic E-state index is 0.791. The van der Waals surface area contributed by atoms with Gasteiger partial charge in [0.25, 0.3) is 0 Å². The number of hydrogen-bond donors (Lipinski definition) is 1. The van der Waals surface area contributed by atoms with Gasteiger partial charge in [0.2, 0.25) is 0 Å². The maximum absolute atomic E-state index is 5.89. The third-order valence-corrected chi connectivity index (χ3v) is 3.98. The molecule has 19 heavy (non-hydrogen) atoms. The molecule has 0 fully saturated rings. The minimum absolute atomic E-state index is 0.791. The first-order valence-corrected chi connectivity index (χ1v) is 7.39. The van der Waals surface area contributed by atoms with E-state index in [0.29, 0.717) is 0 Å². The zero-order valence-corrected chi connectivity index (χ0v) is 12.6. The first-order valence-electron chi connectivity index (χ1n) is 6.22. The minimum Gasteiger partial charge on any atom is -0.358 e. The van der Waals surface area contributed by atoms with Gasteiger partial charge >= 0.3 is 0 Å². The average Bonchev–Trinajstić information content (AvgIpc) is 2.80. The molecule has 1 heterocycles. The number of aryl methyl sites for hydroxylation is 2. The van der Waals surface area contributed by atoms with E-state index in [1.165, 1.54) is 22.2 Å². The Bertz CT molecular complexity index is 700. The van der Waals surface area contributed by atoms with E-state index in [0.717, 1.165) is 22.3 Å². The van der Waals surface area contributed by atoms with Crippen LogP contribution in [0.1, 0.15) is 11.3 Å². The standard InChI is InChI=1S/C16H13BrClN/c17-13-4-8-16-12(9-13)10-15(19-16)7-3-11-1-5-14(18)6-2-11/h1-2,4-6,8-10,19H,3,7H2. The van der Waals surface area contributed by atoms with Crippen LogP contribution in [0.4, 0.5) is 0 Å². The van der Waals surface area contributed by atoms with Gasteiger partial charge in [-0.15, -0.1) is 0 Å². The SMILES string of the molecule is Clc1ccc(CCc2cc3cc(Br)ccc3[nH]2)cc1. The predicted molar refractivity (Wildman–Crippen MR) is 84.9 cm³/mol. The molecule has 2 aromatic carbocycles. The number of aromatic amines is 1. The van der Waals surface area contributed by atoms with Crippen molar-refractivity contribution in [2.75, 3.05) is 0 Å². The lowest BCUT2D eigenvalue weighted by molar-refractivity contribution is 0.930. The Labute approximate surface area is 125 Å². The number of halogens is 2. The number of hydrogen-bond acceptors (Lipinski definition) is 0. The first-order chi connectivity index (χ1) is 9.20. The summed E-state index contributed by atoms with van der Waals surface area (Å²) in [6.07, 6.45) is 2.03. The second-order valence-corrected chi connectivity index (χ2v) is 6.00. The summed E-state index contributed by atoms with van der Waals surface area (Å²) in [6, 6.07) is 16.6. The summed E-state index contributed by atoms with van der Waals surface area (Å²) >= 11 is 9.38. The largest absolute Gasteiger partial charge is 0.358 e. The van der Waals surface area contributed by atoms with E-state index in [1.807, 2.05) is 12.1 Å². The highest BCUT2D eigenvalue weighted by Crippen LogP contribution is 2.21. The van der Waals surface area contributed by atoms with E-state index in [9.17, 15) is 0 Å². The molecule has 0 saturated heterocycles. The van der Waals surface area contributed by atoms with Crippen LogP contribution in [0.25, 0.3) is 10.9 Å². The molecule has 0 radical (unpaired) electrons. The van der Waals surface area contributed by atoms with Crippen LogP contribution in [0.2, 0.25) is 5.02 Å². The first kappa shape index (κ1) is 12.8. The highest BCUT2D eigenvalue weighted by atomic mass is 79.9. The normalized spacial score (nSPS) is 11.1. The summed E-state index contributed by atoms with van der Waals surface area (Å²) in [5, 5.41) is 2.04. The summed E-state index contributed by atoms with van der Waals surface area (Å²) in [4.78, 5) is 3.46. The van der Waals surface area contributed by atoms with Gasteiger partial charge < -0.3 is 4.98 Å². The number of rotatable bonds is 3. The molecule has 0 unspecified atom stereocenters. The number of benzene rings is 2. The Morgan fingerprint density at radius 2 is 1.74 bits per heavy atom. The smallest absolute Gasteiger partial charge is 0.0456 e. The van der Waals surface area contributed by atoms with Crippen LogP contribution in [0.3, 0.4) is 0 Å². The lowest BCUT2D eigenvalue weighted by atomic mass is 10.1. The van der Waals surface area contributed by atoms with E-state index < -0.39 is 0 Å². The third kappa shape index (κ3) is 3.02. The van der Waals surface area contributed by atoms with E-state index in [-0.39, 0.29) is 0 Å². The molecule has 0 aliphatic rings. The van der Waals surface area contributed by atoms with Gasteiger partial charge in [-0.3, -0.25) is 0 Å². The van der Waals surface area contributed by atoms with E-state index >= 15 is 0 Å². The zero-order valence-electron chi connectivity index (χ0n) is 10.3. The summed E-state index contributed by atoms with van der Waals surface area (Å²) in [5.74, 6) is 0. The fourth-order valence-corrected chi connectivity index (χ4v) is 2.73. The molecule has 0 saturated carbocycles. The van der Waals surface area contributed by atoms with Crippen LogP contribution in [0.5, 0.6) is 0 Å². The summed E-state index contributed by atoms with van der Waals surface area (Å²) in [7, 11) is 0. The molecule has 0 bridgehead atoms. The lowest BCUT2D eigenvalue weighted by Gasteiger charge is -2.00. The third-order valence-electron chi connectivity index (χ3n) is 3.23. The molecule has 1 aromatic heterocycles. The van der Waals surface area contributed by atoms with Crippen molar-refractivity contribution in [1.82, 2.24) is 4.98 Å². The van der Waals surface area contributed by atoms with Gasteiger partial charge in [0.05, 0.1) is 0 Å². The molecule has 0 atom stereocenters. The van der Waals surface area contributed by atoms with Crippen molar-refractivity contribution < 1.29 is 0 Å². The van der Waals surface area contributed by atoms with E-state index in [2.05, 4.69) is 57.3 Å². The maximum atomic E-state index is 5.89. The fourth-order valence-electron chi connectivity index (χ4n) is 2.23. The Morgan fingerprint density at radius 1 is 0.947 bits per heavy atom. The summed E-state index contributed by atoms with van der Waals surface area (Å²) < 4.78 is 1.11. The molecule has 0 aliphatic carbocycles. The van der Waals surface area contributed by atoms with Gasteiger partial charge in [-0.1, -0.05) is 39.7 Å². The Morgan fingerprint density at radius 3 is 2.53 bits per heavy atom. The molecular formula is C16H13BrClN. The molecule has 3 aromatic rings. The van der Waals surface area contributed by atoms with Crippen molar-refractivity contribution in [3.8, 4) is 0 Å². The number of nitrogens with one attached hydrogen (secondary N) is 1. The van der Waals surface area contributed by atoms with Crippen LogP contribution in [0, 0.1) is 0 Å². The molecular weight excluding hydrogens is 322 g/mol. The molecule has 0 aliphatic heterocycles. The second kappa shape index (κ2) is 5.40. The van der Waals surface area contributed by atoms with Crippen molar-refractivity contribution in [3.63, 3.8) is 0 Å².